The lowest BCUT2D eigenvalue weighted by Gasteiger charge is -2.43. The summed E-state index contributed by atoms with van der Waals surface area (Å²) in [4.78, 5) is 39.1. The van der Waals surface area contributed by atoms with Crippen molar-refractivity contribution in [3.8, 4) is 0 Å². The SMILES string of the molecule is O=C(CCn1c(=O)[nH]c(=O)c2ccccc21)NC1(c2ccccc2)CCC1. The zero-order chi connectivity index (χ0) is 18.9. The smallest absolute Gasteiger partial charge is 0.328 e. The molecule has 0 radical (unpaired) electrons. The van der Waals surface area contributed by atoms with Gasteiger partial charge in [0, 0.05) is 13.0 Å². The molecule has 1 aliphatic carbocycles. The lowest BCUT2D eigenvalue weighted by molar-refractivity contribution is -0.124. The molecule has 2 aromatic carbocycles. The van der Waals surface area contributed by atoms with Crippen LogP contribution in [0.3, 0.4) is 0 Å². The number of amides is 1. The number of nitrogens with zero attached hydrogens (tertiary/aromatic N) is 1. The second-order valence-corrected chi connectivity index (χ2v) is 7.03. The molecule has 6 nitrogen and oxygen atoms in total. The van der Waals surface area contributed by atoms with Gasteiger partial charge < -0.3 is 5.32 Å². The zero-order valence-corrected chi connectivity index (χ0v) is 14.9. The number of rotatable bonds is 5. The van der Waals surface area contributed by atoms with E-state index in [2.05, 4.69) is 10.3 Å². The van der Waals surface area contributed by atoms with Gasteiger partial charge in [-0.3, -0.25) is 19.1 Å². The van der Waals surface area contributed by atoms with Gasteiger partial charge >= 0.3 is 5.69 Å². The molecule has 6 heteroatoms. The van der Waals surface area contributed by atoms with E-state index in [1.165, 1.54) is 4.57 Å². The van der Waals surface area contributed by atoms with E-state index in [0.717, 1.165) is 24.8 Å². The maximum absolute atomic E-state index is 12.6. The fourth-order valence-electron chi connectivity index (χ4n) is 3.78. The van der Waals surface area contributed by atoms with Crippen molar-refractivity contribution in [2.75, 3.05) is 0 Å². The van der Waals surface area contributed by atoms with E-state index in [4.69, 9.17) is 0 Å². The van der Waals surface area contributed by atoms with Crippen LogP contribution in [0.4, 0.5) is 0 Å². The standard InChI is InChI=1S/C21H21N3O3/c25-18(23-21(12-6-13-21)15-7-2-1-3-8-15)11-14-24-17-10-5-4-9-16(17)19(26)22-20(24)27/h1-5,7-10H,6,11-14H2,(H,23,25)(H,22,26,27). The molecule has 3 aromatic rings. The molecule has 0 saturated heterocycles. The van der Waals surface area contributed by atoms with Crippen LogP contribution in [-0.2, 0) is 16.9 Å². The zero-order valence-electron chi connectivity index (χ0n) is 14.9. The summed E-state index contributed by atoms with van der Waals surface area (Å²) in [6.07, 6.45) is 3.10. The molecule has 2 N–H and O–H groups in total. The third-order valence-electron chi connectivity index (χ3n) is 5.38. The van der Waals surface area contributed by atoms with E-state index in [-0.39, 0.29) is 24.4 Å². The predicted octanol–water partition coefficient (Wildman–Crippen LogP) is 2.28. The van der Waals surface area contributed by atoms with Gasteiger partial charge in [0.2, 0.25) is 5.91 Å². The average molecular weight is 363 g/mol. The molecule has 1 aromatic heterocycles. The molecular weight excluding hydrogens is 342 g/mol. The Labute approximate surface area is 155 Å². The minimum absolute atomic E-state index is 0.0965. The summed E-state index contributed by atoms with van der Waals surface area (Å²) in [7, 11) is 0. The Kier molecular flexibility index (Phi) is 4.39. The van der Waals surface area contributed by atoms with Crippen molar-refractivity contribution < 1.29 is 4.79 Å². The monoisotopic (exact) mass is 363 g/mol. The lowest BCUT2D eigenvalue weighted by atomic mass is 9.71. The van der Waals surface area contributed by atoms with Gasteiger partial charge in [0.1, 0.15) is 0 Å². The average Bonchev–Trinajstić information content (AvgIpc) is 2.65. The Balaban J connectivity index is 1.53. The van der Waals surface area contributed by atoms with Gasteiger partial charge in [0.25, 0.3) is 5.56 Å². The normalized spacial score (nSPS) is 15.3. The molecule has 0 atom stereocenters. The fourth-order valence-corrected chi connectivity index (χ4v) is 3.78. The van der Waals surface area contributed by atoms with Gasteiger partial charge in [0.15, 0.2) is 0 Å². The van der Waals surface area contributed by atoms with Crippen LogP contribution in [0.15, 0.2) is 64.2 Å². The second-order valence-electron chi connectivity index (χ2n) is 7.03. The molecule has 1 heterocycles. The first kappa shape index (κ1) is 17.3. The molecule has 0 aliphatic heterocycles. The molecule has 1 aliphatic rings. The first-order valence-electron chi connectivity index (χ1n) is 9.17. The number of hydrogen-bond acceptors (Lipinski definition) is 3. The van der Waals surface area contributed by atoms with Crippen LogP contribution in [0.25, 0.3) is 10.9 Å². The molecule has 27 heavy (non-hydrogen) atoms. The summed E-state index contributed by atoms with van der Waals surface area (Å²) in [6, 6.07) is 16.9. The van der Waals surface area contributed by atoms with Gasteiger partial charge in [-0.2, -0.15) is 0 Å². The Hall–Kier alpha value is -3.15. The summed E-state index contributed by atoms with van der Waals surface area (Å²) in [5, 5.41) is 3.61. The molecule has 0 unspecified atom stereocenters. The highest BCUT2D eigenvalue weighted by atomic mass is 16.2. The Morgan fingerprint density at radius 1 is 1.04 bits per heavy atom. The number of nitrogens with one attached hydrogen (secondary N) is 2. The van der Waals surface area contributed by atoms with Gasteiger partial charge in [-0.1, -0.05) is 42.5 Å². The first-order valence-corrected chi connectivity index (χ1v) is 9.17. The summed E-state index contributed by atoms with van der Waals surface area (Å²) >= 11 is 0. The minimum atomic E-state index is -0.493. The fraction of sp³-hybridized carbons (Fsp3) is 0.286. The number of benzene rings is 2. The van der Waals surface area contributed by atoms with E-state index in [1.54, 1.807) is 24.3 Å². The molecule has 1 amide bonds. The summed E-state index contributed by atoms with van der Waals surface area (Å²) < 4.78 is 1.45. The van der Waals surface area contributed by atoms with Crippen LogP contribution in [0, 0.1) is 0 Å². The minimum Gasteiger partial charge on any atom is -0.347 e. The molecule has 4 rings (SSSR count). The highest BCUT2D eigenvalue weighted by Gasteiger charge is 2.39. The summed E-state index contributed by atoms with van der Waals surface area (Å²) in [5.41, 5.74) is 0.467. The van der Waals surface area contributed by atoms with Crippen molar-refractivity contribution in [3.63, 3.8) is 0 Å². The predicted molar refractivity (Wildman–Crippen MR) is 104 cm³/mol. The van der Waals surface area contributed by atoms with Gasteiger partial charge in [-0.15, -0.1) is 0 Å². The van der Waals surface area contributed by atoms with Gasteiger partial charge in [-0.05, 0) is 37.0 Å². The van der Waals surface area contributed by atoms with E-state index < -0.39 is 11.2 Å². The van der Waals surface area contributed by atoms with Gasteiger partial charge in [-0.25, -0.2) is 4.79 Å². The van der Waals surface area contributed by atoms with Crippen LogP contribution < -0.4 is 16.6 Å². The number of carbonyl (C=O) groups excluding carboxylic acids is 1. The number of H-pyrrole nitrogens is 1. The van der Waals surface area contributed by atoms with E-state index in [1.807, 2.05) is 30.3 Å². The van der Waals surface area contributed by atoms with E-state index >= 15 is 0 Å². The quantitative estimate of drug-likeness (QED) is 0.729. The Morgan fingerprint density at radius 2 is 1.74 bits per heavy atom. The molecule has 0 spiro atoms. The van der Waals surface area contributed by atoms with Crippen molar-refractivity contribution in [3.05, 3.63) is 81.0 Å². The summed E-state index contributed by atoms with van der Waals surface area (Å²) in [5.74, 6) is -0.0965. The first-order chi connectivity index (χ1) is 13.1. The molecule has 1 fully saturated rings. The lowest BCUT2D eigenvalue weighted by Crippen LogP contribution is -2.51. The van der Waals surface area contributed by atoms with Gasteiger partial charge in [0.05, 0.1) is 16.4 Å². The van der Waals surface area contributed by atoms with Crippen molar-refractivity contribution >= 4 is 16.8 Å². The molecule has 0 bridgehead atoms. The molecule has 1 saturated carbocycles. The highest BCUT2D eigenvalue weighted by molar-refractivity contribution is 5.79. The number of aryl methyl sites for hydroxylation is 1. The Bertz CT molecular complexity index is 1090. The van der Waals surface area contributed by atoms with Crippen molar-refractivity contribution in [1.29, 1.82) is 0 Å². The van der Waals surface area contributed by atoms with Crippen LogP contribution in [-0.4, -0.2) is 15.5 Å². The van der Waals surface area contributed by atoms with Crippen molar-refractivity contribution in [1.82, 2.24) is 14.9 Å². The van der Waals surface area contributed by atoms with Crippen LogP contribution in [0.2, 0.25) is 0 Å². The second kappa shape index (κ2) is 6.87. The third-order valence-corrected chi connectivity index (χ3v) is 5.38. The van der Waals surface area contributed by atoms with Crippen LogP contribution in [0.1, 0.15) is 31.2 Å². The van der Waals surface area contributed by atoms with Crippen LogP contribution in [0.5, 0.6) is 0 Å². The number of para-hydroxylation sites is 1. The highest BCUT2D eigenvalue weighted by Crippen LogP contribution is 2.41. The number of hydrogen-bond donors (Lipinski definition) is 2. The maximum atomic E-state index is 12.6. The van der Waals surface area contributed by atoms with E-state index in [0.29, 0.717) is 10.9 Å². The van der Waals surface area contributed by atoms with Crippen LogP contribution >= 0.6 is 0 Å². The number of aromatic amines is 1. The topological polar surface area (TPSA) is 84.0 Å². The Morgan fingerprint density at radius 3 is 2.44 bits per heavy atom. The molecule has 138 valence electrons. The van der Waals surface area contributed by atoms with E-state index in [9.17, 15) is 14.4 Å². The maximum Gasteiger partial charge on any atom is 0.328 e. The van der Waals surface area contributed by atoms with Crippen molar-refractivity contribution in [2.24, 2.45) is 0 Å². The largest absolute Gasteiger partial charge is 0.347 e. The summed E-state index contributed by atoms with van der Waals surface area (Å²) in [6.45, 7) is 0.215. The molecular formula is C21H21N3O3. The van der Waals surface area contributed by atoms with Crippen molar-refractivity contribution in [2.45, 2.75) is 37.8 Å². The number of carbonyl (C=O) groups is 1. The third kappa shape index (κ3) is 3.18. The number of aromatic nitrogens is 2. The number of fused-ring (bicyclic) bond motifs is 1.